The lowest BCUT2D eigenvalue weighted by Crippen LogP contribution is -2.06. The van der Waals surface area contributed by atoms with Gasteiger partial charge in [0.05, 0.1) is 11.7 Å². The monoisotopic (exact) mass is 177 g/mol. The number of nitrogens with zero attached hydrogens (tertiary/aromatic N) is 2. The van der Waals surface area contributed by atoms with Crippen LogP contribution in [-0.2, 0) is 6.42 Å². The van der Waals surface area contributed by atoms with Gasteiger partial charge in [-0.25, -0.2) is 4.98 Å². The Morgan fingerprint density at radius 2 is 2.31 bits per heavy atom. The Bertz CT molecular complexity index is 422. The Kier molecular flexibility index (Phi) is 1.90. The van der Waals surface area contributed by atoms with E-state index in [1.807, 2.05) is 6.07 Å². The van der Waals surface area contributed by atoms with Crippen LogP contribution in [0.1, 0.15) is 5.82 Å². The van der Waals surface area contributed by atoms with Crippen LogP contribution in [0.2, 0.25) is 0 Å². The second-order valence-corrected chi connectivity index (χ2v) is 2.86. The second-order valence-electron chi connectivity index (χ2n) is 2.86. The highest BCUT2D eigenvalue weighted by Crippen LogP contribution is 2.15. The number of pyridine rings is 1. The van der Waals surface area contributed by atoms with Crippen LogP contribution in [0.4, 0.5) is 0 Å². The van der Waals surface area contributed by atoms with Gasteiger partial charge in [-0.1, -0.05) is 6.07 Å². The van der Waals surface area contributed by atoms with Crippen LogP contribution in [0.25, 0.3) is 5.52 Å². The summed E-state index contributed by atoms with van der Waals surface area (Å²) in [5.74, 6) is 1.01. The third-order valence-electron chi connectivity index (χ3n) is 1.97. The van der Waals surface area contributed by atoms with Crippen LogP contribution in [0.5, 0.6) is 5.88 Å². The van der Waals surface area contributed by atoms with Crippen LogP contribution >= 0.6 is 0 Å². The molecule has 4 nitrogen and oxygen atoms in total. The van der Waals surface area contributed by atoms with Gasteiger partial charge in [-0.3, -0.25) is 4.40 Å². The van der Waals surface area contributed by atoms with E-state index in [0.29, 0.717) is 13.0 Å². The van der Waals surface area contributed by atoms with Gasteiger partial charge in [0.25, 0.3) is 0 Å². The minimum Gasteiger partial charge on any atom is -0.494 e. The molecule has 4 heteroatoms. The third-order valence-corrected chi connectivity index (χ3v) is 1.97. The summed E-state index contributed by atoms with van der Waals surface area (Å²) in [6.07, 6.45) is 2.40. The highest BCUT2D eigenvalue weighted by atomic mass is 16.3. The standard InChI is InChI=1S/C9H11N3O/c10-5-4-8-11-6-7-2-1-3-9(13)12(7)8/h1-3,6,13H,4-5,10H2. The van der Waals surface area contributed by atoms with Gasteiger partial charge in [0.15, 0.2) is 5.88 Å². The van der Waals surface area contributed by atoms with Crippen molar-refractivity contribution in [3.05, 3.63) is 30.2 Å². The molecule has 0 saturated carbocycles. The zero-order valence-corrected chi connectivity index (χ0v) is 7.14. The third kappa shape index (κ3) is 1.25. The van der Waals surface area contributed by atoms with Crippen LogP contribution < -0.4 is 5.73 Å². The van der Waals surface area contributed by atoms with Crippen LogP contribution in [0.3, 0.4) is 0 Å². The Morgan fingerprint density at radius 1 is 1.46 bits per heavy atom. The first-order valence-electron chi connectivity index (χ1n) is 4.17. The van der Waals surface area contributed by atoms with Gasteiger partial charge in [-0.15, -0.1) is 0 Å². The van der Waals surface area contributed by atoms with Crippen LogP contribution in [0.15, 0.2) is 24.4 Å². The molecular weight excluding hydrogens is 166 g/mol. The fourth-order valence-corrected chi connectivity index (χ4v) is 1.40. The van der Waals surface area contributed by atoms with Crippen molar-refractivity contribution < 1.29 is 5.11 Å². The molecule has 0 unspecified atom stereocenters. The largest absolute Gasteiger partial charge is 0.494 e. The van der Waals surface area contributed by atoms with Gasteiger partial charge in [-0.05, 0) is 18.7 Å². The summed E-state index contributed by atoms with van der Waals surface area (Å²) in [5, 5.41) is 9.55. The summed E-state index contributed by atoms with van der Waals surface area (Å²) >= 11 is 0. The number of nitrogens with two attached hydrogens (primary N) is 1. The van der Waals surface area contributed by atoms with Crippen LogP contribution in [-0.4, -0.2) is 21.0 Å². The fraction of sp³-hybridized carbons (Fsp3) is 0.222. The van der Waals surface area contributed by atoms with Crippen molar-refractivity contribution >= 4 is 5.52 Å². The molecule has 0 amide bonds. The van der Waals surface area contributed by atoms with Gasteiger partial charge >= 0.3 is 0 Å². The van der Waals surface area contributed by atoms with Gasteiger partial charge in [0.2, 0.25) is 0 Å². The fourth-order valence-electron chi connectivity index (χ4n) is 1.40. The van der Waals surface area contributed by atoms with E-state index in [9.17, 15) is 5.11 Å². The van der Waals surface area contributed by atoms with Crippen molar-refractivity contribution in [3.63, 3.8) is 0 Å². The molecule has 3 N–H and O–H groups in total. The number of fused-ring (bicyclic) bond motifs is 1. The molecule has 0 aromatic carbocycles. The first kappa shape index (κ1) is 8.07. The molecule has 0 saturated heterocycles. The van der Waals surface area contributed by atoms with Crippen molar-refractivity contribution in [2.75, 3.05) is 6.54 Å². The zero-order chi connectivity index (χ0) is 9.26. The van der Waals surface area contributed by atoms with E-state index < -0.39 is 0 Å². The number of aromatic hydroxyl groups is 1. The van der Waals surface area contributed by atoms with Crippen molar-refractivity contribution in [1.82, 2.24) is 9.38 Å². The molecule has 68 valence electrons. The average Bonchev–Trinajstić information content (AvgIpc) is 2.51. The second kappa shape index (κ2) is 3.06. The van der Waals surface area contributed by atoms with Crippen molar-refractivity contribution in [1.29, 1.82) is 0 Å². The number of hydrogen-bond acceptors (Lipinski definition) is 3. The predicted octanol–water partition coefficient (Wildman–Crippen LogP) is 0.541. The predicted molar refractivity (Wildman–Crippen MR) is 49.6 cm³/mol. The van der Waals surface area contributed by atoms with E-state index in [1.54, 1.807) is 22.7 Å². The maximum atomic E-state index is 9.55. The number of rotatable bonds is 2. The SMILES string of the molecule is NCCc1ncc2cccc(O)n12. The van der Waals surface area contributed by atoms with E-state index >= 15 is 0 Å². The lowest BCUT2D eigenvalue weighted by molar-refractivity contribution is 0.443. The number of imidazole rings is 1. The normalized spacial score (nSPS) is 10.8. The topological polar surface area (TPSA) is 63.5 Å². The van der Waals surface area contributed by atoms with Gasteiger partial charge < -0.3 is 10.8 Å². The molecule has 13 heavy (non-hydrogen) atoms. The maximum absolute atomic E-state index is 9.55. The minimum atomic E-state index is 0.207. The number of aromatic nitrogens is 2. The number of hydrogen-bond donors (Lipinski definition) is 2. The Hall–Kier alpha value is -1.55. The molecule has 0 aliphatic heterocycles. The van der Waals surface area contributed by atoms with E-state index in [4.69, 9.17) is 5.73 Å². The summed E-state index contributed by atoms with van der Waals surface area (Å²) in [6.45, 7) is 0.535. The summed E-state index contributed by atoms with van der Waals surface area (Å²) in [6, 6.07) is 5.32. The van der Waals surface area contributed by atoms with Gasteiger partial charge in [0.1, 0.15) is 5.82 Å². The summed E-state index contributed by atoms with van der Waals surface area (Å²) in [4.78, 5) is 4.17. The molecule has 0 aliphatic rings. The minimum absolute atomic E-state index is 0.207. The summed E-state index contributed by atoms with van der Waals surface area (Å²) in [7, 11) is 0. The van der Waals surface area contributed by atoms with Gasteiger partial charge in [-0.2, -0.15) is 0 Å². The average molecular weight is 177 g/mol. The molecule has 2 aromatic rings. The van der Waals surface area contributed by atoms with Crippen molar-refractivity contribution in [3.8, 4) is 5.88 Å². The van der Waals surface area contributed by atoms with Gasteiger partial charge in [0, 0.05) is 6.42 Å². The molecule has 0 radical (unpaired) electrons. The first-order chi connectivity index (χ1) is 6.33. The molecule has 0 bridgehead atoms. The molecule has 2 heterocycles. The lowest BCUT2D eigenvalue weighted by atomic mass is 10.4. The molecule has 2 aromatic heterocycles. The highest BCUT2D eigenvalue weighted by molar-refractivity contribution is 5.48. The molecule has 0 aliphatic carbocycles. The summed E-state index contributed by atoms with van der Waals surface area (Å²) in [5.41, 5.74) is 6.32. The van der Waals surface area contributed by atoms with Crippen molar-refractivity contribution in [2.45, 2.75) is 6.42 Å². The van der Waals surface area contributed by atoms with E-state index in [2.05, 4.69) is 4.98 Å². The van der Waals surface area contributed by atoms with Crippen LogP contribution in [0, 0.1) is 0 Å². The molecule has 0 atom stereocenters. The van der Waals surface area contributed by atoms with Crippen molar-refractivity contribution in [2.24, 2.45) is 5.73 Å². The first-order valence-corrected chi connectivity index (χ1v) is 4.17. The van der Waals surface area contributed by atoms with E-state index in [-0.39, 0.29) is 5.88 Å². The molecule has 0 fully saturated rings. The Balaban J connectivity index is 2.64. The van der Waals surface area contributed by atoms with E-state index in [0.717, 1.165) is 11.3 Å². The molecule has 2 rings (SSSR count). The quantitative estimate of drug-likeness (QED) is 0.703. The maximum Gasteiger partial charge on any atom is 0.197 e. The Labute approximate surface area is 75.6 Å². The zero-order valence-electron chi connectivity index (χ0n) is 7.14. The van der Waals surface area contributed by atoms with E-state index in [1.165, 1.54) is 0 Å². The molecular formula is C9H11N3O. The lowest BCUT2D eigenvalue weighted by Gasteiger charge is -2.01. The molecule has 0 spiro atoms. The summed E-state index contributed by atoms with van der Waals surface area (Å²) < 4.78 is 1.70. The Morgan fingerprint density at radius 3 is 3.08 bits per heavy atom. The smallest absolute Gasteiger partial charge is 0.197 e. The highest BCUT2D eigenvalue weighted by Gasteiger charge is 2.04.